The van der Waals surface area contributed by atoms with Crippen LogP contribution in [0.5, 0.6) is 5.75 Å². The molecule has 1 spiro atoms. The standard InChI is InChI=1S/C26H27FN4O4/c1-15-18(27)3-2-4-19(15)30-23-21-24(26(6-7-26)14-29-25(21)32)31-22(23)17-5-8-28-11-20(17)35-13-16-12-33-9-10-34-16/h2-5,8,11,16,30-31H,6-7,9-10,12-14H2,1H3,(H,29,32)/t16-/m0/s1. The van der Waals surface area contributed by atoms with E-state index >= 15 is 0 Å². The van der Waals surface area contributed by atoms with Gasteiger partial charge in [0.05, 0.1) is 43.0 Å². The molecule has 182 valence electrons. The molecule has 1 saturated carbocycles. The van der Waals surface area contributed by atoms with Crippen molar-refractivity contribution in [3.63, 3.8) is 0 Å². The molecule has 9 heteroatoms. The zero-order valence-corrected chi connectivity index (χ0v) is 19.4. The lowest BCUT2D eigenvalue weighted by molar-refractivity contribution is -0.101. The van der Waals surface area contributed by atoms with E-state index in [-0.39, 0.29) is 23.2 Å². The van der Waals surface area contributed by atoms with Crippen molar-refractivity contribution in [3.05, 3.63) is 59.3 Å². The number of pyridine rings is 1. The largest absolute Gasteiger partial charge is 0.488 e. The number of hydrogen-bond acceptors (Lipinski definition) is 6. The Kier molecular flexibility index (Phi) is 5.46. The van der Waals surface area contributed by atoms with Crippen LogP contribution < -0.4 is 15.4 Å². The molecule has 4 heterocycles. The van der Waals surface area contributed by atoms with Crippen molar-refractivity contribution in [1.29, 1.82) is 0 Å². The molecular formula is C26H27FN4O4. The predicted octanol–water partition coefficient (Wildman–Crippen LogP) is 3.84. The van der Waals surface area contributed by atoms with E-state index in [1.807, 2.05) is 6.07 Å². The van der Waals surface area contributed by atoms with Gasteiger partial charge < -0.3 is 29.8 Å². The lowest BCUT2D eigenvalue weighted by Gasteiger charge is -2.23. The number of fused-ring (bicyclic) bond motifs is 2. The van der Waals surface area contributed by atoms with Crippen molar-refractivity contribution >= 4 is 17.3 Å². The highest BCUT2D eigenvalue weighted by atomic mass is 19.1. The molecule has 3 aromatic rings. The fourth-order valence-electron chi connectivity index (χ4n) is 4.85. The van der Waals surface area contributed by atoms with Gasteiger partial charge in [-0.15, -0.1) is 0 Å². The van der Waals surface area contributed by atoms with Crippen LogP contribution >= 0.6 is 0 Å². The minimum absolute atomic E-state index is 0.0871. The van der Waals surface area contributed by atoms with Gasteiger partial charge in [0.1, 0.15) is 24.3 Å². The van der Waals surface area contributed by atoms with Gasteiger partial charge in [-0.3, -0.25) is 9.78 Å². The van der Waals surface area contributed by atoms with Gasteiger partial charge in [-0.1, -0.05) is 6.07 Å². The number of rotatable bonds is 6. The van der Waals surface area contributed by atoms with Crippen LogP contribution in [0.4, 0.5) is 15.8 Å². The molecule has 1 aromatic carbocycles. The summed E-state index contributed by atoms with van der Waals surface area (Å²) in [7, 11) is 0. The first kappa shape index (κ1) is 22.1. The minimum atomic E-state index is -0.313. The number of nitrogens with zero attached hydrogens (tertiary/aromatic N) is 1. The van der Waals surface area contributed by atoms with Gasteiger partial charge in [0.2, 0.25) is 0 Å². The third-order valence-corrected chi connectivity index (χ3v) is 7.09. The van der Waals surface area contributed by atoms with E-state index < -0.39 is 0 Å². The number of ether oxygens (including phenoxy) is 3. The molecule has 1 amide bonds. The first-order valence-corrected chi connectivity index (χ1v) is 11.9. The van der Waals surface area contributed by atoms with Crippen LogP contribution in [-0.4, -0.2) is 55.0 Å². The molecule has 1 saturated heterocycles. The molecule has 35 heavy (non-hydrogen) atoms. The van der Waals surface area contributed by atoms with Crippen LogP contribution in [-0.2, 0) is 14.9 Å². The molecule has 0 bridgehead atoms. The number of carbonyl (C=O) groups excluding carboxylic acids is 1. The molecular weight excluding hydrogens is 451 g/mol. The normalized spacial score (nSPS) is 20.3. The number of hydrogen-bond donors (Lipinski definition) is 3. The summed E-state index contributed by atoms with van der Waals surface area (Å²) in [5.41, 5.74) is 4.54. The van der Waals surface area contributed by atoms with Crippen molar-refractivity contribution < 1.29 is 23.4 Å². The molecule has 2 aliphatic heterocycles. The summed E-state index contributed by atoms with van der Waals surface area (Å²) in [6.07, 6.45) is 5.17. The maximum Gasteiger partial charge on any atom is 0.255 e. The third kappa shape index (κ3) is 3.94. The number of amides is 1. The summed E-state index contributed by atoms with van der Waals surface area (Å²) in [6, 6.07) is 6.73. The van der Waals surface area contributed by atoms with Crippen molar-refractivity contribution in [2.45, 2.75) is 31.3 Å². The average molecular weight is 479 g/mol. The van der Waals surface area contributed by atoms with Crippen molar-refractivity contribution in [1.82, 2.24) is 15.3 Å². The van der Waals surface area contributed by atoms with Gasteiger partial charge >= 0.3 is 0 Å². The SMILES string of the molecule is Cc1c(F)cccc1Nc1c(-c2ccncc2OC[C@@H]2COCCO2)[nH]c2c1C(=O)NCC21CC1. The molecule has 3 N–H and O–H groups in total. The number of halogens is 1. The summed E-state index contributed by atoms with van der Waals surface area (Å²) >= 11 is 0. The highest BCUT2D eigenvalue weighted by Gasteiger charge is 2.51. The van der Waals surface area contributed by atoms with E-state index in [0.717, 1.165) is 24.1 Å². The Balaban J connectivity index is 1.44. The van der Waals surface area contributed by atoms with E-state index in [0.29, 0.717) is 66.9 Å². The van der Waals surface area contributed by atoms with Gasteiger partial charge in [0.25, 0.3) is 5.91 Å². The van der Waals surface area contributed by atoms with Gasteiger partial charge in [0, 0.05) is 40.7 Å². The minimum Gasteiger partial charge on any atom is -0.488 e. The molecule has 1 atom stereocenters. The summed E-state index contributed by atoms with van der Waals surface area (Å²) in [5.74, 6) is 0.0945. The van der Waals surface area contributed by atoms with Crippen LogP contribution in [0.25, 0.3) is 11.3 Å². The fourth-order valence-corrected chi connectivity index (χ4v) is 4.85. The zero-order valence-electron chi connectivity index (χ0n) is 19.4. The van der Waals surface area contributed by atoms with Gasteiger partial charge in [0.15, 0.2) is 0 Å². The highest BCUT2D eigenvalue weighted by molar-refractivity contribution is 6.07. The molecule has 1 aliphatic carbocycles. The number of nitrogens with one attached hydrogen (secondary N) is 3. The lowest BCUT2D eigenvalue weighted by atomic mass is 9.93. The molecule has 2 aromatic heterocycles. The fraction of sp³-hybridized carbons (Fsp3) is 0.385. The third-order valence-electron chi connectivity index (χ3n) is 7.09. The molecule has 2 fully saturated rings. The molecule has 6 rings (SSSR count). The van der Waals surface area contributed by atoms with E-state index in [4.69, 9.17) is 14.2 Å². The number of carbonyl (C=O) groups is 1. The van der Waals surface area contributed by atoms with Crippen molar-refractivity contribution in [2.75, 3.05) is 38.3 Å². The number of H-pyrrole nitrogens is 1. The Labute approximate surface area is 202 Å². The number of benzene rings is 1. The lowest BCUT2D eigenvalue weighted by Crippen LogP contribution is -2.39. The van der Waals surface area contributed by atoms with E-state index in [1.54, 1.807) is 31.5 Å². The monoisotopic (exact) mass is 478 g/mol. The number of aromatic amines is 1. The van der Waals surface area contributed by atoms with Crippen molar-refractivity contribution in [3.8, 4) is 17.0 Å². The first-order chi connectivity index (χ1) is 17.1. The summed E-state index contributed by atoms with van der Waals surface area (Å²) in [4.78, 5) is 20.9. The van der Waals surface area contributed by atoms with Crippen LogP contribution in [0, 0.1) is 12.7 Å². The molecule has 0 radical (unpaired) electrons. The van der Waals surface area contributed by atoms with E-state index in [2.05, 4.69) is 20.6 Å². The second-order valence-electron chi connectivity index (χ2n) is 9.38. The van der Waals surface area contributed by atoms with Crippen molar-refractivity contribution in [2.24, 2.45) is 0 Å². The Bertz CT molecular complexity index is 1280. The van der Waals surface area contributed by atoms with E-state index in [9.17, 15) is 9.18 Å². The van der Waals surface area contributed by atoms with Crippen LogP contribution in [0.2, 0.25) is 0 Å². The van der Waals surface area contributed by atoms with Crippen LogP contribution in [0.1, 0.15) is 34.5 Å². The Hall–Kier alpha value is -3.43. The van der Waals surface area contributed by atoms with Gasteiger partial charge in [-0.25, -0.2) is 4.39 Å². The summed E-state index contributed by atoms with van der Waals surface area (Å²) < 4.78 is 31.7. The summed E-state index contributed by atoms with van der Waals surface area (Å²) in [6.45, 7) is 4.23. The second-order valence-corrected chi connectivity index (χ2v) is 9.38. The predicted molar refractivity (Wildman–Crippen MR) is 128 cm³/mol. The Morgan fingerprint density at radius 2 is 2.17 bits per heavy atom. The highest BCUT2D eigenvalue weighted by Crippen LogP contribution is 2.54. The average Bonchev–Trinajstić information content (AvgIpc) is 3.56. The number of anilines is 2. The van der Waals surface area contributed by atoms with Gasteiger partial charge in [-0.05, 0) is 38.0 Å². The van der Waals surface area contributed by atoms with Gasteiger partial charge in [-0.2, -0.15) is 0 Å². The number of aromatic nitrogens is 2. The maximum atomic E-state index is 14.3. The Morgan fingerprint density at radius 3 is 2.97 bits per heavy atom. The summed E-state index contributed by atoms with van der Waals surface area (Å²) in [5, 5.41) is 6.41. The van der Waals surface area contributed by atoms with Crippen LogP contribution in [0.3, 0.4) is 0 Å². The van der Waals surface area contributed by atoms with E-state index in [1.165, 1.54) is 6.07 Å². The Morgan fingerprint density at radius 1 is 1.29 bits per heavy atom. The topological polar surface area (TPSA) is 97.5 Å². The first-order valence-electron chi connectivity index (χ1n) is 11.9. The second kappa shape index (κ2) is 8.66. The smallest absolute Gasteiger partial charge is 0.255 e. The maximum absolute atomic E-state index is 14.3. The molecule has 8 nitrogen and oxygen atoms in total. The zero-order chi connectivity index (χ0) is 24.0. The molecule has 0 unspecified atom stereocenters. The quantitative estimate of drug-likeness (QED) is 0.498. The van der Waals surface area contributed by atoms with Crippen LogP contribution in [0.15, 0.2) is 36.7 Å². The molecule has 3 aliphatic rings.